The monoisotopic (exact) mass is 271 g/mol. The van der Waals surface area contributed by atoms with Gasteiger partial charge in [-0.05, 0) is 25.1 Å². The molecule has 96 valence electrons. The minimum atomic E-state index is -4.01. The largest absolute Gasteiger partial charge is 0.480 e. The van der Waals surface area contributed by atoms with Gasteiger partial charge in [0.2, 0.25) is 0 Å². The lowest BCUT2D eigenvalue weighted by Gasteiger charge is -2.09. The van der Waals surface area contributed by atoms with E-state index in [1.165, 1.54) is 6.07 Å². The molecule has 1 rings (SSSR count). The Morgan fingerprint density at radius 2 is 2.17 bits per heavy atom. The molecule has 0 aliphatic rings. The quantitative estimate of drug-likeness (QED) is 0.884. The van der Waals surface area contributed by atoms with Gasteiger partial charge in [-0.15, -0.1) is 0 Å². The van der Waals surface area contributed by atoms with Gasteiger partial charge in [0.15, 0.2) is 15.1 Å². The summed E-state index contributed by atoms with van der Waals surface area (Å²) in [6.45, 7) is 1.02. The predicted octanol–water partition coefficient (Wildman–Crippen LogP) is 1.09. The van der Waals surface area contributed by atoms with Crippen LogP contribution in [0, 0.1) is 17.1 Å². The first kappa shape index (κ1) is 14.1. The number of rotatable bonds is 4. The van der Waals surface area contributed by atoms with E-state index in [1.807, 2.05) is 0 Å². The van der Waals surface area contributed by atoms with E-state index in [0.29, 0.717) is 0 Å². The summed E-state index contributed by atoms with van der Waals surface area (Å²) < 4.78 is 36.7. The molecule has 1 aromatic carbocycles. The fraction of sp³-hybridized carbons (Fsp3) is 0.273. The van der Waals surface area contributed by atoms with Crippen LogP contribution in [0.25, 0.3) is 0 Å². The van der Waals surface area contributed by atoms with Gasteiger partial charge in [-0.1, -0.05) is 0 Å². The normalized spacial score (nSPS) is 12.7. The number of carbonyl (C=O) groups is 1. The summed E-state index contributed by atoms with van der Waals surface area (Å²) in [5.74, 6) is -3.02. The van der Waals surface area contributed by atoms with E-state index in [1.54, 1.807) is 6.07 Å². The lowest BCUT2D eigenvalue weighted by molar-refractivity contribution is -0.136. The summed E-state index contributed by atoms with van der Waals surface area (Å²) in [6, 6.07) is 5.05. The molecule has 1 unspecified atom stereocenters. The number of benzene rings is 1. The van der Waals surface area contributed by atoms with Crippen molar-refractivity contribution in [2.45, 2.75) is 17.9 Å². The first-order valence-electron chi connectivity index (χ1n) is 4.91. The van der Waals surface area contributed by atoms with Gasteiger partial charge in [0.05, 0.1) is 17.4 Å². The van der Waals surface area contributed by atoms with Crippen molar-refractivity contribution in [3.8, 4) is 6.07 Å². The Morgan fingerprint density at radius 1 is 1.56 bits per heavy atom. The zero-order valence-corrected chi connectivity index (χ0v) is 10.2. The highest BCUT2D eigenvalue weighted by atomic mass is 32.2. The number of hydrogen-bond acceptors (Lipinski definition) is 4. The molecular weight excluding hydrogens is 261 g/mol. The maximum Gasteiger partial charge on any atom is 0.321 e. The van der Waals surface area contributed by atoms with Gasteiger partial charge in [-0.2, -0.15) is 5.26 Å². The molecule has 0 aromatic heterocycles. The third-order valence-electron chi connectivity index (χ3n) is 2.42. The van der Waals surface area contributed by atoms with Crippen LogP contribution in [0.1, 0.15) is 18.1 Å². The smallest absolute Gasteiger partial charge is 0.321 e. The second kappa shape index (κ2) is 5.14. The van der Waals surface area contributed by atoms with Crippen molar-refractivity contribution in [1.29, 1.82) is 5.26 Å². The number of sulfone groups is 1. The Morgan fingerprint density at radius 3 is 2.67 bits per heavy atom. The van der Waals surface area contributed by atoms with Crippen LogP contribution in [-0.2, 0) is 20.4 Å². The molecule has 0 bridgehead atoms. The molecular formula is C11H10FNO4S. The van der Waals surface area contributed by atoms with Crippen LogP contribution >= 0.6 is 0 Å². The molecule has 0 aliphatic heterocycles. The van der Waals surface area contributed by atoms with Gasteiger partial charge in [0, 0.05) is 5.56 Å². The van der Waals surface area contributed by atoms with Crippen LogP contribution in [0.4, 0.5) is 4.39 Å². The molecule has 0 aliphatic carbocycles. The van der Waals surface area contributed by atoms with E-state index in [-0.39, 0.29) is 11.1 Å². The average Bonchev–Trinajstić information content (AvgIpc) is 2.30. The summed E-state index contributed by atoms with van der Waals surface area (Å²) in [6.07, 6.45) is 0. The molecule has 1 N–H and O–H groups in total. The zero-order valence-electron chi connectivity index (χ0n) is 9.42. The maximum absolute atomic E-state index is 13.4. The van der Waals surface area contributed by atoms with Crippen molar-refractivity contribution >= 4 is 15.8 Å². The highest BCUT2D eigenvalue weighted by molar-refractivity contribution is 7.91. The summed E-state index contributed by atoms with van der Waals surface area (Å²) in [5, 5.41) is 15.7. The second-order valence-corrected chi connectivity index (χ2v) is 6.03. The average molecular weight is 271 g/mol. The molecule has 1 aromatic rings. The predicted molar refractivity (Wildman–Crippen MR) is 60.8 cm³/mol. The van der Waals surface area contributed by atoms with E-state index in [4.69, 9.17) is 10.4 Å². The third kappa shape index (κ3) is 3.05. The molecule has 5 nitrogen and oxygen atoms in total. The Hall–Kier alpha value is -1.94. The zero-order chi connectivity index (χ0) is 13.9. The fourth-order valence-corrected chi connectivity index (χ4v) is 2.46. The van der Waals surface area contributed by atoms with Gasteiger partial charge in [0.1, 0.15) is 5.82 Å². The van der Waals surface area contributed by atoms with Crippen molar-refractivity contribution < 1.29 is 22.7 Å². The van der Waals surface area contributed by atoms with Crippen molar-refractivity contribution in [3.63, 3.8) is 0 Å². The topological polar surface area (TPSA) is 95.2 Å². The summed E-state index contributed by atoms with van der Waals surface area (Å²) in [5.41, 5.74) is -0.0910. The molecule has 0 fully saturated rings. The molecule has 0 amide bonds. The van der Waals surface area contributed by atoms with Gasteiger partial charge >= 0.3 is 5.97 Å². The Labute approximate surface area is 103 Å². The summed E-state index contributed by atoms with van der Waals surface area (Å²) in [4.78, 5) is 10.6. The van der Waals surface area contributed by atoms with Crippen molar-refractivity contribution in [2.75, 3.05) is 0 Å². The molecule has 1 atom stereocenters. The number of nitriles is 1. The third-order valence-corrected chi connectivity index (χ3v) is 4.41. The molecule has 0 saturated heterocycles. The van der Waals surface area contributed by atoms with Crippen LogP contribution in [0.3, 0.4) is 0 Å². The first-order valence-corrected chi connectivity index (χ1v) is 6.62. The lowest BCUT2D eigenvalue weighted by atomic mass is 10.1. The Bertz CT molecular complexity index is 618. The molecule has 18 heavy (non-hydrogen) atoms. The second-order valence-electron chi connectivity index (χ2n) is 3.71. The van der Waals surface area contributed by atoms with E-state index in [2.05, 4.69) is 0 Å². The van der Waals surface area contributed by atoms with Gasteiger partial charge in [-0.25, -0.2) is 12.8 Å². The van der Waals surface area contributed by atoms with Crippen molar-refractivity contribution in [1.82, 2.24) is 0 Å². The number of carboxylic acids is 1. The van der Waals surface area contributed by atoms with E-state index in [9.17, 15) is 17.6 Å². The SMILES string of the molecule is CC(C(=O)O)S(=O)(=O)Cc1cc(C#N)ccc1F. The first-order chi connectivity index (χ1) is 8.27. The number of carboxylic acid groups (broad SMARTS) is 1. The number of hydrogen-bond donors (Lipinski definition) is 1. The van der Waals surface area contributed by atoms with Crippen LogP contribution in [0.15, 0.2) is 18.2 Å². The molecule has 0 saturated carbocycles. The van der Waals surface area contributed by atoms with Crippen LogP contribution in [0.5, 0.6) is 0 Å². The Balaban J connectivity index is 3.12. The highest BCUT2D eigenvalue weighted by Crippen LogP contribution is 2.16. The van der Waals surface area contributed by atoms with Crippen molar-refractivity contribution in [2.24, 2.45) is 0 Å². The van der Waals surface area contributed by atoms with Gasteiger partial charge in [-0.3, -0.25) is 4.79 Å². The minimum Gasteiger partial charge on any atom is -0.480 e. The van der Waals surface area contributed by atoms with Gasteiger partial charge < -0.3 is 5.11 Å². The van der Waals surface area contributed by atoms with Crippen LogP contribution < -0.4 is 0 Å². The maximum atomic E-state index is 13.4. The lowest BCUT2D eigenvalue weighted by Crippen LogP contribution is -2.28. The minimum absolute atomic E-state index is 0.115. The summed E-state index contributed by atoms with van der Waals surface area (Å²) in [7, 11) is -4.01. The molecule has 0 spiro atoms. The highest BCUT2D eigenvalue weighted by Gasteiger charge is 2.28. The van der Waals surface area contributed by atoms with E-state index >= 15 is 0 Å². The molecule has 7 heteroatoms. The molecule has 0 heterocycles. The van der Waals surface area contributed by atoms with E-state index < -0.39 is 32.6 Å². The van der Waals surface area contributed by atoms with Gasteiger partial charge in [0.25, 0.3) is 0 Å². The van der Waals surface area contributed by atoms with E-state index in [0.717, 1.165) is 19.1 Å². The number of halogens is 1. The van der Waals surface area contributed by atoms with Crippen molar-refractivity contribution in [3.05, 3.63) is 35.1 Å². The van der Waals surface area contributed by atoms with Crippen LogP contribution in [-0.4, -0.2) is 24.7 Å². The number of aliphatic carboxylic acids is 1. The standard InChI is InChI=1S/C11H10FNO4S/c1-7(11(14)15)18(16,17)6-9-4-8(5-13)2-3-10(9)12/h2-4,7H,6H2,1H3,(H,14,15). The summed E-state index contributed by atoms with van der Waals surface area (Å²) >= 11 is 0. The van der Waals surface area contributed by atoms with Crippen LogP contribution in [0.2, 0.25) is 0 Å². The number of nitrogens with zero attached hydrogens (tertiary/aromatic N) is 1. The molecule has 0 radical (unpaired) electrons. The Kier molecular flexibility index (Phi) is 4.03. The fourth-order valence-electron chi connectivity index (χ4n) is 1.25.